The van der Waals surface area contributed by atoms with Crippen LogP contribution in [-0.2, 0) is 6.42 Å². The van der Waals surface area contributed by atoms with Crippen LogP contribution < -0.4 is 0 Å². The monoisotopic (exact) mass is 282 g/mol. The lowest BCUT2D eigenvalue weighted by atomic mass is 9.97. The first-order chi connectivity index (χ1) is 10.1. The van der Waals surface area contributed by atoms with Crippen LogP contribution in [0.5, 0.6) is 0 Å². The van der Waals surface area contributed by atoms with Crippen molar-refractivity contribution < 1.29 is 13.6 Å². The van der Waals surface area contributed by atoms with Crippen LogP contribution in [0.1, 0.15) is 15.9 Å². The third kappa shape index (κ3) is 2.68. The Labute approximate surface area is 120 Å². The predicted octanol–water partition coefficient (Wildman–Crippen LogP) is 4.54. The van der Waals surface area contributed by atoms with Gasteiger partial charge in [0.2, 0.25) is 0 Å². The Morgan fingerprint density at radius 2 is 1.48 bits per heavy atom. The molecule has 21 heavy (non-hydrogen) atoms. The smallest absolute Gasteiger partial charge is 0.167 e. The van der Waals surface area contributed by atoms with Crippen LogP contribution in [0.2, 0.25) is 0 Å². The molecule has 104 valence electrons. The Bertz CT molecular complexity index is 807. The summed E-state index contributed by atoms with van der Waals surface area (Å²) in [6, 6.07) is 15.5. The highest BCUT2D eigenvalue weighted by atomic mass is 19.1. The van der Waals surface area contributed by atoms with E-state index in [-0.39, 0.29) is 23.8 Å². The standard InChI is InChI=1S/C18H12F2O/c19-13-7-5-12(6-8-13)11-18(21)16-9-10-17(20)15-4-2-1-3-14(15)16/h1-10H,11H2. The van der Waals surface area contributed by atoms with Crippen LogP contribution in [-0.4, -0.2) is 5.78 Å². The van der Waals surface area contributed by atoms with E-state index in [0.29, 0.717) is 16.3 Å². The highest BCUT2D eigenvalue weighted by Gasteiger charge is 2.13. The summed E-state index contributed by atoms with van der Waals surface area (Å²) in [6.45, 7) is 0. The molecule has 0 bridgehead atoms. The van der Waals surface area contributed by atoms with Crippen molar-refractivity contribution in [3.63, 3.8) is 0 Å². The van der Waals surface area contributed by atoms with Crippen LogP contribution in [0, 0.1) is 11.6 Å². The lowest BCUT2D eigenvalue weighted by Gasteiger charge is -2.07. The molecule has 0 aliphatic heterocycles. The Morgan fingerprint density at radius 1 is 0.810 bits per heavy atom. The van der Waals surface area contributed by atoms with E-state index >= 15 is 0 Å². The lowest BCUT2D eigenvalue weighted by molar-refractivity contribution is 0.0994. The van der Waals surface area contributed by atoms with Gasteiger partial charge in [-0.3, -0.25) is 4.79 Å². The van der Waals surface area contributed by atoms with Crippen molar-refractivity contribution in [2.24, 2.45) is 0 Å². The normalized spacial score (nSPS) is 10.8. The van der Waals surface area contributed by atoms with Crippen molar-refractivity contribution in [2.75, 3.05) is 0 Å². The van der Waals surface area contributed by atoms with Gasteiger partial charge >= 0.3 is 0 Å². The van der Waals surface area contributed by atoms with Gasteiger partial charge in [0.05, 0.1) is 0 Å². The molecule has 3 heteroatoms. The van der Waals surface area contributed by atoms with E-state index in [2.05, 4.69) is 0 Å². The molecule has 0 aliphatic carbocycles. The number of hydrogen-bond acceptors (Lipinski definition) is 1. The van der Waals surface area contributed by atoms with Crippen LogP contribution in [0.3, 0.4) is 0 Å². The van der Waals surface area contributed by atoms with Gasteiger partial charge in [0.25, 0.3) is 0 Å². The highest BCUT2D eigenvalue weighted by molar-refractivity contribution is 6.08. The molecule has 0 aromatic heterocycles. The summed E-state index contributed by atoms with van der Waals surface area (Å²) < 4.78 is 26.6. The van der Waals surface area contributed by atoms with E-state index in [9.17, 15) is 13.6 Å². The summed E-state index contributed by atoms with van der Waals surface area (Å²) in [5, 5.41) is 1.03. The molecule has 0 amide bonds. The fourth-order valence-electron chi connectivity index (χ4n) is 2.39. The number of fused-ring (bicyclic) bond motifs is 1. The van der Waals surface area contributed by atoms with Gasteiger partial charge in [0, 0.05) is 17.4 Å². The molecule has 0 N–H and O–H groups in total. The van der Waals surface area contributed by atoms with Gasteiger partial charge in [-0.2, -0.15) is 0 Å². The van der Waals surface area contributed by atoms with E-state index in [1.807, 2.05) is 0 Å². The summed E-state index contributed by atoms with van der Waals surface area (Å²) in [6.07, 6.45) is 0.163. The van der Waals surface area contributed by atoms with E-state index in [4.69, 9.17) is 0 Å². The molecule has 0 aliphatic rings. The van der Waals surface area contributed by atoms with Crippen molar-refractivity contribution in [1.29, 1.82) is 0 Å². The fourth-order valence-corrected chi connectivity index (χ4v) is 2.39. The van der Waals surface area contributed by atoms with Crippen molar-refractivity contribution in [2.45, 2.75) is 6.42 Å². The maximum atomic E-state index is 13.7. The molecule has 0 fully saturated rings. The summed E-state index contributed by atoms with van der Waals surface area (Å²) in [7, 11) is 0. The third-order valence-corrected chi connectivity index (χ3v) is 3.45. The van der Waals surface area contributed by atoms with Gasteiger partial charge in [-0.1, -0.05) is 36.4 Å². The molecule has 3 aromatic rings. The minimum Gasteiger partial charge on any atom is -0.294 e. The number of ketones is 1. The van der Waals surface area contributed by atoms with Gasteiger partial charge in [0.15, 0.2) is 5.78 Å². The third-order valence-electron chi connectivity index (χ3n) is 3.45. The number of rotatable bonds is 3. The van der Waals surface area contributed by atoms with Crippen LogP contribution >= 0.6 is 0 Å². The molecular formula is C18H12F2O. The SMILES string of the molecule is O=C(Cc1ccc(F)cc1)c1ccc(F)c2ccccc12. The van der Waals surface area contributed by atoms with Crippen molar-refractivity contribution >= 4 is 16.6 Å². The number of benzene rings is 3. The summed E-state index contributed by atoms with van der Waals surface area (Å²) in [5.74, 6) is -0.792. The molecule has 3 rings (SSSR count). The highest BCUT2D eigenvalue weighted by Crippen LogP contribution is 2.23. The first-order valence-corrected chi connectivity index (χ1v) is 6.60. The average molecular weight is 282 g/mol. The number of hydrogen-bond donors (Lipinski definition) is 0. The zero-order valence-corrected chi connectivity index (χ0v) is 11.1. The minimum atomic E-state index is -0.344. The molecule has 0 spiro atoms. The van der Waals surface area contributed by atoms with E-state index in [0.717, 1.165) is 5.56 Å². The Hall–Kier alpha value is -2.55. The van der Waals surface area contributed by atoms with Gasteiger partial charge in [-0.25, -0.2) is 8.78 Å². The van der Waals surface area contributed by atoms with Crippen LogP contribution in [0.15, 0.2) is 60.7 Å². The molecule has 0 atom stereocenters. The quantitative estimate of drug-likeness (QED) is 0.644. The van der Waals surface area contributed by atoms with Gasteiger partial charge in [-0.15, -0.1) is 0 Å². The largest absolute Gasteiger partial charge is 0.294 e. The zero-order valence-electron chi connectivity index (χ0n) is 11.1. The van der Waals surface area contributed by atoms with Crippen molar-refractivity contribution in [3.8, 4) is 0 Å². The molecule has 0 saturated carbocycles. The number of carbonyl (C=O) groups excluding carboxylic acids is 1. The molecule has 0 radical (unpaired) electrons. The topological polar surface area (TPSA) is 17.1 Å². The predicted molar refractivity (Wildman–Crippen MR) is 78.3 cm³/mol. The van der Waals surface area contributed by atoms with Gasteiger partial charge in [-0.05, 0) is 35.2 Å². The molecular weight excluding hydrogens is 270 g/mol. The first-order valence-electron chi connectivity index (χ1n) is 6.60. The summed E-state index contributed by atoms with van der Waals surface area (Å²) in [4.78, 5) is 12.4. The maximum Gasteiger partial charge on any atom is 0.167 e. The second-order valence-corrected chi connectivity index (χ2v) is 4.87. The van der Waals surface area contributed by atoms with E-state index in [1.165, 1.54) is 24.3 Å². The van der Waals surface area contributed by atoms with Crippen LogP contribution in [0.25, 0.3) is 10.8 Å². The molecule has 0 heterocycles. The maximum absolute atomic E-state index is 13.7. The Kier molecular flexibility index (Phi) is 3.48. The molecule has 0 saturated heterocycles. The van der Waals surface area contributed by atoms with E-state index < -0.39 is 0 Å². The first kappa shape index (κ1) is 13.4. The number of halogens is 2. The fraction of sp³-hybridized carbons (Fsp3) is 0.0556. The molecule has 3 aromatic carbocycles. The zero-order chi connectivity index (χ0) is 14.8. The van der Waals surface area contributed by atoms with Crippen molar-refractivity contribution in [1.82, 2.24) is 0 Å². The van der Waals surface area contributed by atoms with Crippen LogP contribution in [0.4, 0.5) is 8.78 Å². The van der Waals surface area contributed by atoms with E-state index in [1.54, 1.807) is 36.4 Å². The number of Topliss-reactive ketones (excluding diaryl/α,β-unsaturated/α-hetero) is 1. The Morgan fingerprint density at radius 3 is 2.19 bits per heavy atom. The molecule has 0 unspecified atom stereocenters. The van der Waals surface area contributed by atoms with Crippen molar-refractivity contribution in [3.05, 3.63) is 83.4 Å². The Balaban J connectivity index is 1.98. The minimum absolute atomic E-state index is 0.113. The van der Waals surface area contributed by atoms with Gasteiger partial charge in [0.1, 0.15) is 11.6 Å². The second-order valence-electron chi connectivity index (χ2n) is 4.87. The molecule has 1 nitrogen and oxygen atoms in total. The summed E-state index contributed by atoms with van der Waals surface area (Å²) >= 11 is 0. The number of carbonyl (C=O) groups is 1. The lowest BCUT2D eigenvalue weighted by Crippen LogP contribution is -2.05. The average Bonchev–Trinajstić information content (AvgIpc) is 2.50. The van der Waals surface area contributed by atoms with Gasteiger partial charge < -0.3 is 0 Å². The summed E-state index contributed by atoms with van der Waals surface area (Å²) in [5.41, 5.74) is 1.21. The second kappa shape index (κ2) is 5.44.